The summed E-state index contributed by atoms with van der Waals surface area (Å²) in [6, 6.07) is 6.15. The van der Waals surface area contributed by atoms with Crippen molar-refractivity contribution < 1.29 is 27.1 Å². The van der Waals surface area contributed by atoms with Gasteiger partial charge >= 0.3 is 0 Å². The van der Waals surface area contributed by atoms with E-state index in [1.54, 1.807) is 0 Å². The van der Waals surface area contributed by atoms with Gasteiger partial charge in [0.15, 0.2) is 0 Å². The van der Waals surface area contributed by atoms with Crippen molar-refractivity contribution in [2.45, 2.75) is 11.7 Å². The van der Waals surface area contributed by atoms with Gasteiger partial charge in [0.2, 0.25) is 5.09 Å². The van der Waals surface area contributed by atoms with Gasteiger partial charge in [0.05, 0.1) is 12.8 Å². The van der Waals surface area contributed by atoms with Crippen LogP contribution in [0.15, 0.2) is 39.8 Å². The van der Waals surface area contributed by atoms with E-state index < -0.39 is 27.5 Å². The Morgan fingerprint density at radius 3 is 2.70 bits per heavy atom. The average Bonchev–Trinajstić information content (AvgIpc) is 2.91. The van der Waals surface area contributed by atoms with Crippen LogP contribution in [0.3, 0.4) is 0 Å². The molecule has 0 saturated heterocycles. The second-order valence-corrected chi connectivity index (χ2v) is 5.44. The van der Waals surface area contributed by atoms with Gasteiger partial charge in [0, 0.05) is 6.07 Å². The predicted molar refractivity (Wildman–Crippen MR) is 68.4 cm³/mol. The number of hydrogen-bond donors (Lipinski definition) is 2. The number of nitrogens with one attached hydrogen (secondary N) is 1. The normalized spacial score (nSPS) is 11.3. The van der Waals surface area contributed by atoms with Gasteiger partial charge in [-0.3, -0.25) is 4.72 Å². The molecule has 0 atom stereocenters. The molecule has 0 radical (unpaired) electrons. The highest BCUT2D eigenvalue weighted by Crippen LogP contribution is 2.24. The van der Waals surface area contributed by atoms with E-state index in [0.717, 1.165) is 6.07 Å². The van der Waals surface area contributed by atoms with Gasteiger partial charge in [-0.1, -0.05) is 0 Å². The molecule has 0 unspecified atom stereocenters. The average molecular weight is 301 g/mol. The van der Waals surface area contributed by atoms with Gasteiger partial charge < -0.3 is 14.3 Å². The van der Waals surface area contributed by atoms with Gasteiger partial charge in [-0.15, -0.1) is 0 Å². The lowest BCUT2D eigenvalue weighted by Gasteiger charge is -2.08. The van der Waals surface area contributed by atoms with Gasteiger partial charge in [-0.25, -0.2) is 4.39 Å². The van der Waals surface area contributed by atoms with Crippen LogP contribution in [0.25, 0.3) is 0 Å². The Hall–Kier alpha value is -2.06. The van der Waals surface area contributed by atoms with Crippen LogP contribution in [-0.2, 0) is 16.6 Å². The SMILES string of the molecule is COc1ccc(F)c(NS(=O)(=O)c2ccc(CO)o2)c1. The van der Waals surface area contributed by atoms with Crippen LogP contribution >= 0.6 is 0 Å². The van der Waals surface area contributed by atoms with E-state index in [-0.39, 0.29) is 11.4 Å². The second kappa shape index (κ2) is 5.51. The fourth-order valence-electron chi connectivity index (χ4n) is 1.49. The van der Waals surface area contributed by atoms with E-state index in [9.17, 15) is 12.8 Å². The number of methoxy groups -OCH3 is 1. The molecule has 0 aliphatic rings. The molecule has 0 spiro atoms. The summed E-state index contributed by atoms with van der Waals surface area (Å²) >= 11 is 0. The van der Waals surface area contributed by atoms with Crippen LogP contribution < -0.4 is 9.46 Å². The molecule has 0 bridgehead atoms. The lowest BCUT2D eigenvalue weighted by Crippen LogP contribution is -2.13. The summed E-state index contributed by atoms with van der Waals surface area (Å²) in [4.78, 5) is 0. The zero-order valence-corrected chi connectivity index (χ0v) is 11.3. The van der Waals surface area contributed by atoms with Gasteiger partial charge in [0.25, 0.3) is 10.0 Å². The first-order chi connectivity index (χ1) is 9.46. The molecule has 0 saturated carbocycles. The fourth-order valence-corrected chi connectivity index (χ4v) is 2.50. The first kappa shape index (κ1) is 14.4. The molecule has 0 aliphatic heterocycles. The number of sulfonamides is 1. The molecular formula is C12H12FNO5S. The molecule has 1 aromatic heterocycles. The number of ether oxygens (including phenoxy) is 1. The first-order valence-corrected chi connectivity index (χ1v) is 7.00. The number of benzene rings is 1. The Morgan fingerprint density at radius 1 is 1.35 bits per heavy atom. The van der Waals surface area contributed by atoms with Crippen molar-refractivity contribution in [3.8, 4) is 5.75 Å². The quantitative estimate of drug-likeness (QED) is 0.878. The number of furan rings is 1. The molecule has 8 heteroatoms. The molecule has 2 aromatic rings. The molecular weight excluding hydrogens is 289 g/mol. The first-order valence-electron chi connectivity index (χ1n) is 5.52. The van der Waals surface area contributed by atoms with E-state index in [4.69, 9.17) is 14.3 Å². The van der Waals surface area contributed by atoms with Crippen molar-refractivity contribution in [1.82, 2.24) is 0 Å². The van der Waals surface area contributed by atoms with Gasteiger partial charge in [-0.2, -0.15) is 8.42 Å². The summed E-state index contributed by atoms with van der Waals surface area (Å²) in [6.07, 6.45) is 0. The Labute approximate surface area is 114 Å². The van der Waals surface area contributed by atoms with E-state index in [1.165, 1.54) is 31.4 Å². The molecule has 0 amide bonds. The largest absolute Gasteiger partial charge is 0.497 e. The van der Waals surface area contributed by atoms with Crippen molar-refractivity contribution in [2.75, 3.05) is 11.8 Å². The maximum Gasteiger partial charge on any atom is 0.295 e. The van der Waals surface area contributed by atoms with Crippen molar-refractivity contribution in [3.63, 3.8) is 0 Å². The third-order valence-corrected chi connectivity index (χ3v) is 3.71. The van der Waals surface area contributed by atoms with E-state index in [1.807, 2.05) is 0 Å². The molecule has 1 heterocycles. The van der Waals surface area contributed by atoms with Crippen LogP contribution in [0.1, 0.15) is 5.76 Å². The highest BCUT2D eigenvalue weighted by molar-refractivity contribution is 7.92. The smallest absolute Gasteiger partial charge is 0.295 e. The summed E-state index contributed by atoms with van der Waals surface area (Å²) < 4.78 is 49.4. The zero-order chi connectivity index (χ0) is 14.8. The summed E-state index contributed by atoms with van der Waals surface area (Å²) in [5, 5.41) is 8.42. The van der Waals surface area contributed by atoms with Crippen LogP contribution in [-0.4, -0.2) is 20.6 Å². The lowest BCUT2D eigenvalue weighted by atomic mass is 10.3. The zero-order valence-electron chi connectivity index (χ0n) is 10.5. The summed E-state index contributed by atoms with van der Waals surface area (Å²) in [5.41, 5.74) is -0.258. The van der Waals surface area contributed by atoms with E-state index in [0.29, 0.717) is 5.75 Å². The molecule has 108 valence electrons. The monoisotopic (exact) mass is 301 g/mol. The summed E-state index contributed by atoms with van der Waals surface area (Å²) in [7, 11) is -2.69. The topological polar surface area (TPSA) is 88.8 Å². The van der Waals surface area contributed by atoms with Crippen molar-refractivity contribution in [2.24, 2.45) is 0 Å². The fraction of sp³-hybridized carbons (Fsp3) is 0.167. The minimum Gasteiger partial charge on any atom is -0.497 e. The van der Waals surface area contributed by atoms with E-state index in [2.05, 4.69) is 4.72 Å². The maximum absolute atomic E-state index is 13.6. The van der Waals surface area contributed by atoms with Crippen LogP contribution in [0.2, 0.25) is 0 Å². The second-order valence-electron chi connectivity index (χ2n) is 3.83. The third-order valence-electron chi connectivity index (χ3n) is 2.48. The molecule has 1 aromatic carbocycles. The Balaban J connectivity index is 2.32. The van der Waals surface area contributed by atoms with Crippen LogP contribution in [0, 0.1) is 5.82 Å². The molecule has 0 aliphatic carbocycles. The third kappa shape index (κ3) is 2.91. The minimum absolute atomic E-state index is 0.0940. The van der Waals surface area contributed by atoms with Crippen LogP contribution in [0.4, 0.5) is 10.1 Å². The number of rotatable bonds is 5. The highest BCUT2D eigenvalue weighted by atomic mass is 32.2. The number of aliphatic hydroxyl groups excluding tert-OH is 1. The van der Waals surface area contributed by atoms with Gasteiger partial charge in [-0.05, 0) is 24.3 Å². The molecule has 2 N–H and O–H groups in total. The molecule has 6 nitrogen and oxygen atoms in total. The summed E-state index contributed by atoms with van der Waals surface area (Å²) in [6.45, 7) is -0.428. The number of aliphatic hydroxyl groups is 1. The Kier molecular flexibility index (Phi) is 3.96. The molecule has 0 fully saturated rings. The number of hydrogen-bond acceptors (Lipinski definition) is 5. The summed E-state index contributed by atoms with van der Waals surface area (Å²) in [5.74, 6) is -0.348. The van der Waals surface area contributed by atoms with Crippen molar-refractivity contribution in [3.05, 3.63) is 41.9 Å². The molecule has 20 heavy (non-hydrogen) atoms. The van der Waals surface area contributed by atoms with Crippen LogP contribution in [0.5, 0.6) is 5.75 Å². The van der Waals surface area contributed by atoms with Crippen molar-refractivity contribution in [1.29, 1.82) is 0 Å². The maximum atomic E-state index is 13.6. The molecule has 2 rings (SSSR count). The lowest BCUT2D eigenvalue weighted by molar-refractivity contribution is 0.236. The standard InChI is InChI=1S/C12H12FNO5S/c1-18-8-2-4-10(13)11(6-8)14-20(16,17)12-5-3-9(7-15)19-12/h2-6,14-15H,7H2,1H3. The minimum atomic E-state index is -4.07. The van der Waals surface area contributed by atoms with E-state index >= 15 is 0 Å². The Bertz CT molecular complexity index is 710. The number of halogens is 1. The number of anilines is 1. The van der Waals surface area contributed by atoms with Crippen molar-refractivity contribution >= 4 is 15.7 Å². The predicted octanol–water partition coefficient (Wildman–Crippen LogP) is 1.72. The highest BCUT2D eigenvalue weighted by Gasteiger charge is 2.20. The Morgan fingerprint density at radius 2 is 2.10 bits per heavy atom. The van der Waals surface area contributed by atoms with Gasteiger partial charge in [0.1, 0.15) is 23.9 Å².